The van der Waals surface area contributed by atoms with Crippen LogP contribution in [-0.4, -0.2) is 17.5 Å². The summed E-state index contributed by atoms with van der Waals surface area (Å²) in [6.07, 6.45) is 5.70. The van der Waals surface area contributed by atoms with E-state index in [1.54, 1.807) is 25.1 Å². The largest absolute Gasteiger partial charge is 0.490 e. The summed E-state index contributed by atoms with van der Waals surface area (Å²) in [7, 11) is 0. The van der Waals surface area contributed by atoms with Crippen LogP contribution in [0.4, 0.5) is 15.9 Å². The van der Waals surface area contributed by atoms with Gasteiger partial charge in [0.05, 0.1) is 17.9 Å². The molecule has 0 aliphatic rings. The molecule has 0 atom stereocenters. The molecule has 6 heteroatoms. The fourth-order valence-corrected chi connectivity index (χ4v) is 2.43. The molecular weight excluding hydrogens is 333 g/mol. The van der Waals surface area contributed by atoms with Crippen molar-refractivity contribution in [2.24, 2.45) is 0 Å². The smallest absolute Gasteiger partial charge is 0.259 e. The number of anilines is 2. The zero-order valence-electron chi connectivity index (χ0n) is 14.9. The molecule has 0 radical (unpaired) electrons. The monoisotopic (exact) mass is 357 g/mol. The second kappa shape index (κ2) is 9.56. The second-order valence-electron chi connectivity index (χ2n) is 5.94. The van der Waals surface area contributed by atoms with Crippen LogP contribution in [0.25, 0.3) is 0 Å². The van der Waals surface area contributed by atoms with Crippen molar-refractivity contribution < 1.29 is 13.9 Å². The number of unbranched alkanes of at least 4 members (excludes halogenated alkanes) is 3. The van der Waals surface area contributed by atoms with Crippen LogP contribution in [0, 0.1) is 12.7 Å². The highest BCUT2D eigenvalue weighted by molar-refractivity contribution is 6.07. The maximum Gasteiger partial charge on any atom is 0.259 e. The van der Waals surface area contributed by atoms with Crippen LogP contribution in [0.15, 0.2) is 43.0 Å². The summed E-state index contributed by atoms with van der Waals surface area (Å²) in [6.45, 7) is 5.87. The molecule has 0 spiro atoms. The van der Waals surface area contributed by atoms with Gasteiger partial charge in [0.25, 0.3) is 5.91 Å². The van der Waals surface area contributed by atoms with E-state index in [1.165, 1.54) is 12.1 Å². The molecule has 0 aliphatic carbocycles. The minimum atomic E-state index is -0.606. The molecule has 1 aromatic carbocycles. The SMILES string of the molecule is C=CCCCCCOc1cccc(NC(=O)c2ccc(C)nc2N)c1F. The normalized spacial score (nSPS) is 10.4. The van der Waals surface area contributed by atoms with Crippen LogP contribution < -0.4 is 15.8 Å². The van der Waals surface area contributed by atoms with E-state index in [0.717, 1.165) is 25.7 Å². The number of nitrogen functional groups attached to an aromatic ring is 1. The van der Waals surface area contributed by atoms with Crippen LogP contribution in [0.2, 0.25) is 0 Å². The molecule has 1 amide bonds. The lowest BCUT2D eigenvalue weighted by Gasteiger charge is -2.12. The first-order valence-electron chi connectivity index (χ1n) is 8.59. The number of hydrogen-bond acceptors (Lipinski definition) is 4. The number of amides is 1. The highest BCUT2D eigenvalue weighted by atomic mass is 19.1. The zero-order chi connectivity index (χ0) is 18.9. The van der Waals surface area contributed by atoms with E-state index < -0.39 is 11.7 Å². The number of pyridine rings is 1. The predicted molar refractivity (Wildman–Crippen MR) is 102 cm³/mol. The maximum absolute atomic E-state index is 14.5. The van der Waals surface area contributed by atoms with E-state index in [-0.39, 0.29) is 22.8 Å². The molecule has 2 aromatic rings. The number of aryl methyl sites for hydroxylation is 1. The molecule has 0 fully saturated rings. The number of benzene rings is 1. The molecule has 1 heterocycles. The number of nitrogens with one attached hydrogen (secondary N) is 1. The Balaban J connectivity index is 1.99. The van der Waals surface area contributed by atoms with Crippen molar-refractivity contribution in [3.05, 3.63) is 60.1 Å². The summed E-state index contributed by atoms with van der Waals surface area (Å²) < 4.78 is 20.0. The summed E-state index contributed by atoms with van der Waals surface area (Å²) in [5.41, 5.74) is 6.70. The average molecular weight is 357 g/mol. The number of halogens is 1. The van der Waals surface area contributed by atoms with E-state index in [2.05, 4.69) is 16.9 Å². The molecule has 0 aliphatic heterocycles. The third-order valence-corrected chi connectivity index (χ3v) is 3.83. The number of allylic oxidation sites excluding steroid dienone is 1. The summed E-state index contributed by atoms with van der Waals surface area (Å²) in [5.74, 6) is -0.905. The summed E-state index contributed by atoms with van der Waals surface area (Å²) in [5, 5.41) is 2.52. The van der Waals surface area contributed by atoms with Crippen molar-refractivity contribution in [3.8, 4) is 5.75 Å². The highest BCUT2D eigenvalue weighted by Gasteiger charge is 2.15. The fraction of sp³-hybridized carbons (Fsp3) is 0.300. The maximum atomic E-state index is 14.5. The van der Waals surface area contributed by atoms with Gasteiger partial charge >= 0.3 is 0 Å². The van der Waals surface area contributed by atoms with E-state index in [0.29, 0.717) is 12.3 Å². The number of carbonyl (C=O) groups excluding carboxylic acids is 1. The molecular formula is C20H24FN3O2. The lowest BCUT2D eigenvalue weighted by atomic mass is 10.2. The Bertz CT molecular complexity index is 778. The molecule has 0 saturated carbocycles. The van der Waals surface area contributed by atoms with Gasteiger partial charge in [0.2, 0.25) is 0 Å². The van der Waals surface area contributed by atoms with Gasteiger partial charge in [-0.2, -0.15) is 0 Å². The summed E-state index contributed by atoms with van der Waals surface area (Å²) >= 11 is 0. The molecule has 5 nitrogen and oxygen atoms in total. The topological polar surface area (TPSA) is 77.2 Å². The fourth-order valence-electron chi connectivity index (χ4n) is 2.43. The number of nitrogens with zero attached hydrogens (tertiary/aromatic N) is 1. The predicted octanol–water partition coefficient (Wildman–Crippen LogP) is 4.49. The number of rotatable bonds is 9. The van der Waals surface area contributed by atoms with Crippen LogP contribution in [0.1, 0.15) is 41.7 Å². The third kappa shape index (κ3) is 5.31. The minimum Gasteiger partial charge on any atom is -0.490 e. The Morgan fingerprint density at radius 2 is 2.12 bits per heavy atom. The summed E-state index contributed by atoms with van der Waals surface area (Å²) in [4.78, 5) is 16.4. The minimum absolute atomic E-state index is 0.0409. The van der Waals surface area contributed by atoms with E-state index in [4.69, 9.17) is 10.5 Å². The molecule has 138 valence electrons. The lowest BCUT2D eigenvalue weighted by molar-refractivity contribution is 0.102. The van der Waals surface area contributed by atoms with Gasteiger partial charge in [0.1, 0.15) is 5.82 Å². The summed E-state index contributed by atoms with van der Waals surface area (Å²) in [6, 6.07) is 7.88. The Morgan fingerprint density at radius 3 is 2.85 bits per heavy atom. The van der Waals surface area contributed by atoms with E-state index >= 15 is 0 Å². The van der Waals surface area contributed by atoms with Crippen LogP contribution in [0.3, 0.4) is 0 Å². The van der Waals surface area contributed by atoms with Crippen molar-refractivity contribution in [2.45, 2.75) is 32.6 Å². The quantitative estimate of drug-likeness (QED) is 0.512. The van der Waals surface area contributed by atoms with E-state index in [9.17, 15) is 9.18 Å². The zero-order valence-corrected chi connectivity index (χ0v) is 14.9. The van der Waals surface area contributed by atoms with Crippen molar-refractivity contribution in [1.82, 2.24) is 4.98 Å². The number of nitrogens with two attached hydrogens (primary N) is 1. The van der Waals surface area contributed by atoms with Gasteiger partial charge in [-0.1, -0.05) is 12.1 Å². The molecule has 0 unspecified atom stereocenters. The lowest BCUT2D eigenvalue weighted by Crippen LogP contribution is -2.16. The van der Waals surface area contributed by atoms with Gasteiger partial charge in [-0.05, 0) is 56.9 Å². The average Bonchev–Trinajstić information content (AvgIpc) is 2.60. The molecule has 26 heavy (non-hydrogen) atoms. The van der Waals surface area contributed by atoms with Crippen LogP contribution in [-0.2, 0) is 0 Å². The first-order chi connectivity index (χ1) is 12.5. The van der Waals surface area contributed by atoms with Crippen molar-refractivity contribution in [2.75, 3.05) is 17.7 Å². The number of hydrogen-bond donors (Lipinski definition) is 2. The van der Waals surface area contributed by atoms with Gasteiger partial charge in [-0.15, -0.1) is 6.58 Å². The van der Waals surface area contributed by atoms with Gasteiger partial charge in [-0.3, -0.25) is 4.79 Å². The molecule has 2 rings (SSSR count). The number of ether oxygens (including phenoxy) is 1. The van der Waals surface area contributed by atoms with Gasteiger partial charge in [0.15, 0.2) is 11.6 Å². The van der Waals surface area contributed by atoms with Crippen LogP contribution >= 0.6 is 0 Å². The van der Waals surface area contributed by atoms with Crippen molar-refractivity contribution in [1.29, 1.82) is 0 Å². The number of carbonyl (C=O) groups is 1. The first-order valence-corrected chi connectivity index (χ1v) is 8.59. The molecule has 0 saturated heterocycles. The van der Waals surface area contributed by atoms with Gasteiger partial charge in [-0.25, -0.2) is 9.37 Å². The Hall–Kier alpha value is -2.89. The van der Waals surface area contributed by atoms with Crippen molar-refractivity contribution >= 4 is 17.4 Å². The molecule has 3 N–H and O–H groups in total. The first kappa shape index (κ1) is 19.4. The number of aromatic nitrogens is 1. The van der Waals surface area contributed by atoms with Crippen molar-refractivity contribution in [3.63, 3.8) is 0 Å². The van der Waals surface area contributed by atoms with E-state index in [1.807, 2.05) is 6.08 Å². The molecule has 1 aromatic heterocycles. The standard InChI is InChI=1S/C20H24FN3O2/c1-3-4-5-6-7-13-26-17-10-8-9-16(18(17)21)24-20(25)15-12-11-14(2)23-19(15)22/h3,8-12H,1,4-7,13H2,2H3,(H2,22,23)(H,24,25). The second-order valence-corrected chi connectivity index (χ2v) is 5.94. The van der Waals surface area contributed by atoms with Gasteiger partial charge in [0, 0.05) is 5.69 Å². The Kier molecular flexibility index (Phi) is 7.14. The van der Waals surface area contributed by atoms with Gasteiger partial charge < -0.3 is 15.8 Å². The van der Waals surface area contributed by atoms with Crippen LogP contribution in [0.5, 0.6) is 5.75 Å². The third-order valence-electron chi connectivity index (χ3n) is 3.83. The Labute approximate surface area is 153 Å². The highest BCUT2D eigenvalue weighted by Crippen LogP contribution is 2.25. The molecule has 0 bridgehead atoms. The Morgan fingerprint density at radius 1 is 1.31 bits per heavy atom.